The molecular weight excluding hydrogens is 188 g/mol. The highest BCUT2D eigenvalue weighted by Crippen LogP contribution is 1.94. The average molecular weight is 202 g/mol. The third-order valence-electron chi connectivity index (χ3n) is 1.22. The number of esters is 2. The van der Waals surface area contributed by atoms with Gasteiger partial charge in [-0.3, -0.25) is 0 Å². The van der Waals surface area contributed by atoms with Crippen LogP contribution in [0.25, 0.3) is 0 Å². The molecule has 0 radical (unpaired) electrons. The molecule has 0 aliphatic carbocycles. The Morgan fingerprint density at radius 2 is 2.14 bits per heavy atom. The number of ether oxygens (including phenoxy) is 3. The number of hydrogen-bond acceptors (Lipinski definition) is 5. The molecule has 1 atom stereocenters. The van der Waals surface area contributed by atoms with E-state index in [1.807, 2.05) is 0 Å². The van der Waals surface area contributed by atoms with E-state index in [1.54, 1.807) is 6.92 Å². The highest BCUT2D eigenvalue weighted by molar-refractivity contribution is 5.81. The van der Waals surface area contributed by atoms with Gasteiger partial charge >= 0.3 is 11.9 Å². The summed E-state index contributed by atoms with van der Waals surface area (Å²) in [5.41, 5.74) is 0. The summed E-state index contributed by atoms with van der Waals surface area (Å²) in [5.74, 6) is -1.03. The lowest BCUT2D eigenvalue weighted by Crippen LogP contribution is -2.23. The fraction of sp³-hybridized carbons (Fsp3) is 0.556. The minimum Gasteiger partial charge on any atom is -0.459 e. The third-order valence-corrected chi connectivity index (χ3v) is 1.22. The van der Waals surface area contributed by atoms with Gasteiger partial charge in [-0.1, -0.05) is 6.58 Å². The first-order valence-corrected chi connectivity index (χ1v) is 4.07. The molecule has 0 aromatic rings. The minimum atomic E-state index is -0.542. The van der Waals surface area contributed by atoms with Crippen molar-refractivity contribution in [2.24, 2.45) is 0 Å². The zero-order valence-corrected chi connectivity index (χ0v) is 8.32. The Hall–Kier alpha value is -1.36. The predicted molar refractivity (Wildman–Crippen MR) is 48.6 cm³/mol. The predicted octanol–water partition coefficient (Wildman–Crippen LogP) is 0.294. The molecule has 0 amide bonds. The van der Waals surface area contributed by atoms with Gasteiger partial charge in [0.25, 0.3) is 0 Å². The van der Waals surface area contributed by atoms with Crippen LogP contribution in [0.15, 0.2) is 12.7 Å². The standard InChI is InChI=1S/C9H14O5/c1-4-8(10)13-5-7(2)14-9(11)6-12-3/h4,7H,1,5-6H2,2-3H3. The highest BCUT2D eigenvalue weighted by atomic mass is 16.6. The Labute approximate surface area is 82.6 Å². The molecule has 1 unspecified atom stereocenters. The molecule has 0 bridgehead atoms. The van der Waals surface area contributed by atoms with E-state index in [-0.39, 0.29) is 13.2 Å². The first-order chi connectivity index (χ1) is 6.60. The summed E-state index contributed by atoms with van der Waals surface area (Å²) in [6, 6.07) is 0. The zero-order valence-electron chi connectivity index (χ0n) is 8.32. The molecule has 0 fully saturated rings. The van der Waals surface area contributed by atoms with Crippen LogP contribution in [0.1, 0.15) is 6.92 Å². The molecule has 0 aliphatic heterocycles. The summed E-state index contributed by atoms with van der Waals surface area (Å²) >= 11 is 0. The van der Waals surface area contributed by atoms with Gasteiger partial charge in [0.2, 0.25) is 0 Å². The molecule has 0 heterocycles. The van der Waals surface area contributed by atoms with E-state index in [9.17, 15) is 9.59 Å². The summed E-state index contributed by atoms with van der Waals surface area (Å²) in [5, 5.41) is 0. The maximum absolute atomic E-state index is 10.9. The SMILES string of the molecule is C=CC(=O)OCC(C)OC(=O)COC. The fourth-order valence-electron chi connectivity index (χ4n) is 0.669. The second-order valence-electron chi connectivity index (χ2n) is 2.57. The lowest BCUT2D eigenvalue weighted by molar-refractivity contribution is -0.158. The third kappa shape index (κ3) is 6.19. The Kier molecular flexibility index (Phi) is 6.39. The molecular formula is C9H14O5. The van der Waals surface area contributed by atoms with Crippen LogP contribution in [0.4, 0.5) is 0 Å². The molecule has 0 aliphatic rings. The van der Waals surface area contributed by atoms with Gasteiger partial charge in [0, 0.05) is 13.2 Å². The number of carbonyl (C=O) groups is 2. The van der Waals surface area contributed by atoms with Gasteiger partial charge in [-0.2, -0.15) is 0 Å². The van der Waals surface area contributed by atoms with Crippen LogP contribution >= 0.6 is 0 Å². The van der Waals surface area contributed by atoms with Crippen LogP contribution in [0.5, 0.6) is 0 Å². The van der Waals surface area contributed by atoms with Gasteiger partial charge < -0.3 is 14.2 Å². The summed E-state index contributed by atoms with van der Waals surface area (Å²) < 4.78 is 14.0. The largest absolute Gasteiger partial charge is 0.459 e. The number of hydrogen-bond donors (Lipinski definition) is 0. The molecule has 0 saturated heterocycles. The Balaban J connectivity index is 3.64. The van der Waals surface area contributed by atoms with Gasteiger partial charge in [0.1, 0.15) is 19.3 Å². The smallest absolute Gasteiger partial charge is 0.332 e. The molecule has 0 aromatic carbocycles. The Morgan fingerprint density at radius 3 is 2.64 bits per heavy atom. The first kappa shape index (κ1) is 12.6. The van der Waals surface area contributed by atoms with Crippen LogP contribution in [-0.2, 0) is 23.8 Å². The summed E-state index contributed by atoms with van der Waals surface area (Å²) in [6.07, 6.45) is 0.561. The molecule has 0 saturated carbocycles. The van der Waals surface area contributed by atoms with E-state index in [0.717, 1.165) is 6.08 Å². The Morgan fingerprint density at radius 1 is 1.50 bits per heavy atom. The molecule has 0 rings (SSSR count). The quantitative estimate of drug-likeness (QED) is 0.457. The van der Waals surface area contributed by atoms with Crippen molar-refractivity contribution in [1.82, 2.24) is 0 Å². The van der Waals surface area contributed by atoms with E-state index in [4.69, 9.17) is 4.74 Å². The minimum absolute atomic E-state index is 0.0142. The van der Waals surface area contributed by atoms with E-state index in [1.165, 1.54) is 7.11 Å². The summed E-state index contributed by atoms with van der Waals surface area (Å²) in [7, 11) is 1.39. The Bertz CT molecular complexity index is 211. The number of carbonyl (C=O) groups excluding carboxylic acids is 2. The van der Waals surface area contributed by atoms with Gasteiger partial charge in [-0.15, -0.1) is 0 Å². The molecule has 14 heavy (non-hydrogen) atoms. The average Bonchev–Trinajstić information content (AvgIpc) is 2.14. The van der Waals surface area contributed by atoms with Crippen molar-refractivity contribution in [3.8, 4) is 0 Å². The summed E-state index contributed by atoms with van der Waals surface area (Å²) in [6.45, 7) is 4.74. The fourth-order valence-corrected chi connectivity index (χ4v) is 0.669. The molecule has 0 spiro atoms. The van der Waals surface area contributed by atoms with Crippen molar-refractivity contribution in [1.29, 1.82) is 0 Å². The van der Waals surface area contributed by atoms with E-state index >= 15 is 0 Å². The van der Waals surface area contributed by atoms with Crippen LogP contribution in [0.3, 0.4) is 0 Å². The molecule has 5 heteroatoms. The van der Waals surface area contributed by atoms with Gasteiger partial charge in [-0.25, -0.2) is 9.59 Å². The monoisotopic (exact) mass is 202 g/mol. The van der Waals surface area contributed by atoms with Crippen molar-refractivity contribution in [3.63, 3.8) is 0 Å². The highest BCUT2D eigenvalue weighted by Gasteiger charge is 2.10. The maximum atomic E-state index is 10.9. The molecule has 5 nitrogen and oxygen atoms in total. The van der Waals surface area contributed by atoms with Gasteiger partial charge in [0.05, 0.1) is 0 Å². The second-order valence-corrected chi connectivity index (χ2v) is 2.57. The maximum Gasteiger partial charge on any atom is 0.332 e. The van der Waals surface area contributed by atoms with Crippen molar-refractivity contribution >= 4 is 11.9 Å². The van der Waals surface area contributed by atoms with Gasteiger partial charge in [0.15, 0.2) is 0 Å². The van der Waals surface area contributed by atoms with E-state index in [0.29, 0.717) is 0 Å². The van der Waals surface area contributed by atoms with Crippen LogP contribution in [0, 0.1) is 0 Å². The lowest BCUT2D eigenvalue weighted by atomic mass is 10.4. The van der Waals surface area contributed by atoms with Crippen LogP contribution in [0.2, 0.25) is 0 Å². The van der Waals surface area contributed by atoms with Crippen molar-refractivity contribution in [2.45, 2.75) is 13.0 Å². The zero-order chi connectivity index (χ0) is 11.0. The lowest BCUT2D eigenvalue weighted by Gasteiger charge is -2.12. The molecule has 80 valence electrons. The molecule has 0 N–H and O–H groups in total. The van der Waals surface area contributed by atoms with Gasteiger partial charge in [-0.05, 0) is 6.92 Å². The first-order valence-electron chi connectivity index (χ1n) is 4.07. The van der Waals surface area contributed by atoms with Crippen molar-refractivity contribution in [3.05, 3.63) is 12.7 Å². The normalized spacial score (nSPS) is 11.6. The topological polar surface area (TPSA) is 61.8 Å². The number of rotatable bonds is 6. The van der Waals surface area contributed by atoms with Crippen molar-refractivity contribution < 1.29 is 23.8 Å². The molecule has 0 aromatic heterocycles. The van der Waals surface area contributed by atoms with Crippen molar-refractivity contribution in [2.75, 3.05) is 20.3 Å². The summed E-state index contributed by atoms with van der Waals surface area (Å²) in [4.78, 5) is 21.5. The van der Waals surface area contributed by atoms with E-state index in [2.05, 4.69) is 16.1 Å². The van der Waals surface area contributed by atoms with Crippen LogP contribution < -0.4 is 0 Å². The van der Waals surface area contributed by atoms with E-state index < -0.39 is 18.0 Å². The second kappa shape index (κ2) is 7.08. The van der Waals surface area contributed by atoms with Crippen LogP contribution in [-0.4, -0.2) is 38.4 Å². The number of methoxy groups -OCH3 is 1.